The van der Waals surface area contributed by atoms with Gasteiger partial charge < -0.3 is 26.0 Å². The van der Waals surface area contributed by atoms with E-state index >= 15 is 0 Å². The maximum atomic E-state index is 14.2. The number of nitrogens with zero attached hydrogens (tertiary/aromatic N) is 1. The molecule has 2 fully saturated rings. The van der Waals surface area contributed by atoms with Gasteiger partial charge in [0.05, 0.1) is 6.04 Å². The second-order valence-electron chi connectivity index (χ2n) is 11.9. The van der Waals surface area contributed by atoms with Crippen molar-refractivity contribution < 1.29 is 28.7 Å². The number of carbonyl (C=O) groups excluding carboxylic acids is 5. The molecular weight excluding hydrogens is 559 g/mol. The van der Waals surface area contributed by atoms with Crippen molar-refractivity contribution in [1.29, 1.82) is 0 Å². The number of fused-ring (bicyclic) bond motifs is 2. The third-order valence-electron chi connectivity index (χ3n) is 7.83. The number of ether oxygens (including phenoxy) is 1. The highest BCUT2D eigenvalue weighted by atomic mass is 35.5. The first-order valence-corrected chi connectivity index (χ1v) is 14.3. The molecule has 218 valence electrons. The Hall–Kier alpha value is -2.85. The fraction of sp³-hybridized carbons (Fsp3) is 0.607. The molecule has 0 bridgehead atoms. The van der Waals surface area contributed by atoms with Crippen LogP contribution in [0.2, 0.25) is 0 Å². The summed E-state index contributed by atoms with van der Waals surface area (Å²) in [6, 6.07) is 4.61. The van der Waals surface area contributed by atoms with Crippen LogP contribution in [0.5, 0.6) is 0 Å². The summed E-state index contributed by atoms with van der Waals surface area (Å²) in [6.45, 7) is 7.07. The molecule has 1 saturated carbocycles. The molecule has 4 rings (SSSR count). The van der Waals surface area contributed by atoms with Crippen LogP contribution in [0.1, 0.15) is 51.7 Å². The van der Waals surface area contributed by atoms with Crippen molar-refractivity contribution in [3.8, 4) is 0 Å². The van der Waals surface area contributed by atoms with Crippen LogP contribution < -0.4 is 16.4 Å². The van der Waals surface area contributed by atoms with E-state index in [2.05, 4.69) is 10.6 Å². The fourth-order valence-electron chi connectivity index (χ4n) is 5.94. The lowest BCUT2D eigenvalue weighted by molar-refractivity contribution is -0.143. The lowest BCUT2D eigenvalue weighted by Gasteiger charge is -2.35. The van der Waals surface area contributed by atoms with E-state index in [4.69, 9.17) is 33.7 Å². The molecule has 2 aliphatic carbocycles. The third-order valence-corrected chi connectivity index (χ3v) is 8.89. The van der Waals surface area contributed by atoms with E-state index in [-0.39, 0.29) is 24.8 Å². The number of nitrogens with two attached hydrogens (primary N) is 1. The first kappa shape index (κ1) is 30.1. The van der Waals surface area contributed by atoms with E-state index in [1.807, 2.05) is 24.3 Å². The Morgan fingerprint density at radius 2 is 1.70 bits per heavy atom. The second-order valence-corrected chi connectivity index (χ2v) is 13.3. The van der Waals surface area contributed by atoms with Gasteiger partial charge in [0.1, 0.15) is 22.0 Å². The number of benzene rings is 1. The number of hydrogen-bond acceptors (Lipinski definition) is 6. The Balaban J connectivity index is 1.60. The average molecular weight is 596 g/mol. The predicted molar refractivity (Wildman–Crippen MR) is 148 cm³/mol. The number of primary amides is 1. The van der Waals surface area contributed by atoms with Crippen LogP contribution in [0, 0.1) is 17.8 Å². The van der Waals surface area contributed by atoms with Gasteiger partial charge in [0, 0.05) is 18.4 Å². The zero-order valence-corrected chi connectivity index (χ0v) is 24.6. The molecule has 1 aliphatic heterocycles. The Labute approximate surface area is 243 Å². The van der Waals surface area contributed by atoms with Crippen LogP contribution in [-0.2, 0) is 36.8 Å². The molecule has 2 unspecified atom stereocenters. The average Bonchev–Trinajstić information content (AvgIpc) is 3.24. The second kappa shape index (κ2) is 11.2. The largest absolute Gasteiger partial charge is 0.444 e. The molecule has 1 heterocycles. The molecule has 1 saturated heterocycles. The number of Topliss-reactive ketones (excluding diaryl/α,β-unsaturated/α-hetero) is 1. The summed E-state index contributed by atoms with van der Waals surface area (Å²) >= 11 is 12.9. The lowest BCUT2D eigenvalue weighted by atomic mass is 9.94. The number of ketones is 1. The quantitative estimate of drug-likeness (QED) is 0.295. The highest BCUT2D eigenvalue weighted by Gasteiger charge is 2.74. The zero-order chi connectivity index (χ0) is 29.6. The number of alkyl carbamates (subject to hydrolysis) is 1. The van der Waals surface area contributed by atoms with Crippen molar-refractivity contribution in [2.75, 3.05) is 6.54 Å². The van der Waals surface area contributed by atoms with Gasteiger partial charge >= 0.3 is 6.09 Å². The zero-order valence-electron chi connectivity index (χ0n) is 23.0. The third kappa shape index (κ3) is 6.07. The summed E-state index contributed by atoms with van der Waals surface area (Å²) in [5, 5.41) is 5.37. The topological polar surface area (TPSA) is 148 Å². The van der Waals surface area contributed by atoms with Gasteiger partial charge in [-0.2, -0.15) is 0 Å². The van der Waals surface area contributed by atoms with Gasteiger partial charge in [-0.05, 0) is 57.1 Å². The minimum atomic E-state index is -1.22. The van der Waals surface area contributed by atoms with E-state index in [1.54, 1.807) is 27.7 Å². The van der Waals surface area contributed by atoms with Gasteiger partial charge in [-0.1, -0.05) is 37.6 Å². The number of rotatable bonds is 9. The van der Waals surface area contributed by atoms with E-state index < -0.39 is 63.6 Å². The van der Waals surface area contributed by atoms with Crippen LogP contribution in [0.25, 0.3) is 0 Å². The predicted octanol–water partition coefficient (Wildman–Crippen LogP) is 2.26. The van der Waals surface area contributed by atoms with E-state index in [9.17, 15) is 24.0 Å². The van der Waals surface area contributed by atoms with Gasteiger partial charge in [-0.25, -0.2) is 4.79 Å². The van der Waals surface area contributed by atoms with Crippen molar-refractivity contribution in [3.05, 3.63) is 35.4 Å². The van der Waals surface area contributed by atoms with E-state index in [0.717, 1.165) is 11.1 Å². The van der Waals surface area contributed by atoms with Gasteiger partial charge in [-0.3, -0.25) is 19.2 Å². The normalized spacial score (nSPS) is 24.4. The maximum absolute atomic E-state index is 14.2. The van der Waals surface area contributed by atoms with Gasteiger partial charge in [0.25, 0.3) is 5.91 Å². The van der Waals surface area contributed by atoms with Crippen molar-refractivity contribution in [2.24, 2.45) is 23.5 Å². The highest BCUT2D eigenvalue weighted by molar-refractivity contribution is 6.51. The molecule has 5 atom stereocenters. The molecule has 1 aromatic carbocycles. The molecule has 0 spiro atoms. The highest BCUT2D eigenvalue weighted by Crippen LogP contribution is 2.65. The molecule has 0 aromatic heterocycles. The number of piperidine rings is 1. The number of alkyl halides is 2. The van der Waals surface area contributed by atoms with Crippen molar-refractivity contribution in [3.63, 3.8) is 0 Å². The maximum Gasteiger partial charge on any atom is 0.408 e. The number of amides is 4. The fourth-order valence-corrected chi connectivity index (χ4v) is 6.77. The van der Waals surface area contributed by atoms with Crippen LogP contribution in [0.4, 0.5) is 4.79 Å². The standard InChI is InChI=1S/C28H36Cl2N4O6/c1-5-8-18(22(35)23(31)36)32-24(37)21-19-17(28(19,29)30)13-34(21)25(38)20(33-26(39)40-27(2,3)4)16-11-14-9-6-7-10-15(14)12-16/h6-7,9-10,16-21H,5,8,11-13H2,1-4H3,(H2,31,36)(H,32,37)(H,33,39)/t17-,18?,19?,20-,21-/m0/s1. The van der Waals surface area contributed by atoms with Crippen LogP contribution in [-0.4, -0.2) is 69.1 Å². The van der Waals surface area contributed by atoms with Crippen molar-refractivity contribution >= 4 is 52.8 Å². The first-order valence-electron chi connectivity index (χ1n) is 13.5. The SMILES string of the molecule is CCCC(NC(=O)[C@@H]1C2[C@H](CN1C(=O)[C@@H](NC(=O)OC(C)(C)C)C1Cc3ccccc3C1)C2(Cl)Cl)C(=O)C(N)=O. The van der Waals surface area contributed by atoms with Gasteiger partial charge in [0.15, 0.2) is 0 Å². The molecule has 10 nitrogen and oxygen atoms in total. The molecule has 3 aliphatic rings. The number of carbonyl (C=O) groups is 5. The summed E-state index contributed by atoms with van der Waals surface area (Å²) in [5.74, 6) is -4.41. The molecule has 40 heavy (non-hydrogen) atoms. The van der Waals surface area contributed by atoms with Crippen LogP contribution >= 0.6 is 23.2 Å². The van der Waals surface area contributed by atoms with Crippen LogP contribution in [0.3, 0.4) is 0 Å². The Kier molecular flexibility index (Phi) is 8.43. The number of nitrogens with one attached hydrogen (secondary N) is 2. The summed E-state index contributed by atoms with van der Waals surface area (Å²) in [5.41, 5.74) is 6.57. The Bertz CT molecular complexity index is 1190. The number of likely N-dealkylation sites (tertiary alicyclic amines) is 1. The molecule has 1 aromatic rings. The smallest absolute Gasteiger partial charge is 0.408 e. The van der Waals surface area contributed by atoms with Crippen molar-refractivity contribution in [2.45, 2.75) is 81.4 Å². The minimum absolute atomic E-state index is 0.100. The van der Waals surface area contributed by atoms with E-state index in [0.29, 0.717) is 19.3 Å². The monoisotopic (exact) mass is 594 g/mol. The Morgan fingerprint density at radius 3 is 2.23 bits per heavy atom. The minimum Gasteiger partial charge on any atom is -0.444 e. The van der Waals surface area contributed by atoms with Crippen molar-refractivity contribution in [1.82, 2.24) is 15.5 Å². The first-order chi connectivity index (χ1) is 18.7. The number of halogens is 2. The molecular formula is C28H36Cl2N4O6. The molecule has 0 radical (unpaired) electrons. The van der Waals surface area contributed by atoms with Crippen LogP contribution in [0.15, 0.2) is 24.3 Å². The van der Waals surface area contributed by atoms with E-state index in [1.165, 1.54) is 4.90 Å². The molecule has 4 N–H and O–H groups in total. The summed E-state index contributed by atoms with van der Waals surface area (Å²) in [4.78, 5) is 65.9. The lowest BCUT2D eigenvalue weighted by Crippen LogP contribution is -2.59. The molecule has 12 heteroatoms. The summed E-state index contributed by atoms with van der Waals surface area (Å²) in [6.07, 6.45) is 1.06. The number of hydrogen-bond donors (Lipinski definition) is 3. The van der Waals surface area contributed by atoms with Gasteiger partial charge in [-0.15, -0.1) is 23.2 Å². The van der Waals surface area contributed by atoms with Gasteiger partial charge in [0.2, 0.25) is 17.6 Å². The summed E-state index contributed by atoms with van der Waals surface area (Å²) < 4.78 is 4.24. The summed E-state index contributed by atoms with van der Waals surface area (Å²) in [7, 11) is 0. The Morgan fingerprint density at radius 1 is 1.10 bits per heavy atom. The molecule has 4 amide bonds.